The molecule has 5 rings (SSSR count). The van der Waals surface area contributed by atoms with Crippen molar-refractivity contribution in [2.45, 2.75) is 18.9 Å². The van der Waals surface area contributed by atoms with Crippen molar-refractivity contribution in [3.8, 4) is 0 Å². The minimum atomic E-state index is -0.482. The van der Waals surface area contributed by atoms with E-state index in [0.717, 1.165) is 11.9 Å². The van der Waals surface area contributed by atoms with Crippen LogP contribution in [0, 0.1) is 11.7 Å². The quantitative estimate of drug-likeness (QED) is 0.913. The van der Waals surface area contributed by atoms with Crippen molar-refractivity contribution < 1.29 is 8.91 Å². The molecule has 114 valence electrons. The lowest BCUT2D eigenvalue weighted by molar-refractivity contribution is 0.0973. The monoisotopic (exact) mass is 331 g/mol. The highest BCUT2D eigenvalue weighted by molar-refractivity contribution is 6.35. The molecule has 1 aromatic heterocycles. The van der Waals surface area contributed by atoms with Gasteiger partial charge in [-0.05, 0) is 44.0 Å². The molecule has 0 spiro atoms. The summed E-state index contributed by atoms with van der Waals surface area (Å²) in [6.07, 6.45) is 2.45. The summed E-state index contributed by atoms with van der Waals surface area (Å²) >= 11 is 5.90. The average Bonchev–Trinajstić information content (AvgIpc) is 2.88. The summed E-state index contributed by atoms with van der Waals surface area (Å²) in [6, 6.07) is 3.40. The van der Waals surface area contributed by atoms with E-state index in [9.17, 15) is 4.39 Å². The van der Waals surface area contributed by atoms with Gasteiger partial charge in [-0.1, -0.05) is 16.8 Å². The minimum absolute atomic E-state index is 0. The molecule has 1 aromatic carbocycles. The van der Waals surface area contributed by atoms with E-state index in [-0.39, 0.29) is 17.4 Å². The van der Waals surface area contributed by atoms with Gasteiger partial charge in [0.1, 0.15) is 10.8 Å². The van der Waals surface area contributed by atoms with Gasteiger partial charge in [0, 0.05) is 12.6 Å². The molecule has 0 amide bonds. The van der Waals surface area contributed by atoms with Crippen LogP contribution in [0.4, 0.5) is 10.2 Å². The van der Waals surface area contributed by atoms with Crippen LogP contribution in [-0.2, 0) is 0 Å². The first-order valence-corrected chi connectivity index (χ1v) is 7.32. The van der Waals surface area contributed by atoms with Crippen molar-refractivity contribution in [1.29, 1.82) is 0 Å². The zero-order chi connectivity index (χ0) is 13.7. The third-order valence-corrected chi connectivity index (χ3v) is 4.86. The lowest BCUT2D eigenvalue weighted by atomic mass is 9.84. The van der Waals surface area contributed by atoms with Crippen molar-refractivity contribution in [2.24, 2.45) is 5.92 Å². The summed E-state index contributed by atoms with van der Waals surface area (Å²) in [5.74, 6) is 0.869. The number of piperidine rings is 3. The molecular weight excluding hydrogens is 316 g/mol. The van der Waals surface area contributed by atoms with E-state index >= 15 is 0 Å². The molecule has 0 saturated carbocycles. The Kier molecular flexibility index (Phi) is 3.99. The number of rotatable bonds is 2. The zero-order valence-electron chi connectivity index (χ0n) is 11.3. The standard InChI is InChI=1S/C14H15ClFN3O.ClH/c15-12-10(16)2-1-9-13(12)20-18-14(9)17-11-7-19-5-3-8(11)4-6-19;/h1-2,8,11H,3-7H2,(H,17,18);1H. The van der Waals surface area contributed by atoms with Crippen molar-refractivity contribution in [2.75, 3.05) is 25.0 Å². The molecule has 2 aromatic rings. The Labute approximate surface area is 133 Å². The van der Waals surface area contributed by atoms with E-state index in [1.807, 2.05) is 0 Å². The van der Waals surface area contributed by atoms with Gasteiger partial charge in [-0.25, -0.2) is 4.39 Å². The summed E-state index contributed by atoms with van der Waals surface area (Å²) in [4.78, 5) is 2.46. The molecule has 1 N–H and O–H groups in total. The van der Waals surface area contributed by atoms with E-state index in [4.69, 9.17) is 16.1 Å². The Bertz CT molecular complexity index is 655. The number of benzene rings is 1. The lowest BCUT2D eigenvalue weighted by Gasteiger charge is -2.44. The van der Waals surface area contributed by atoms with Gasteiger partial charge in [-0.3, -0.25) is 0 Å². The Morgan fingerprint density at radius 1 is 1.33 bits per heavy atom. The van der Waals surface area contributed by atoms with Crippen LogP contribution in [0.2, 0.25) is 5.02 Å². The predicted molar refractivity (Wildman–Crippen MR) is 82.8 cm³/mol. The fraction of sp³-hybridized carbons (Fsp3) is 0.500. The number of nitrogens with zero attached hydrogens (tertiary/aromatic N) is 2. The molecule has 4 nitrogen and oxygen atoms in total. The maximum Gasteiger partial charge on any atom is 0.190 e. The third kappa shape index (κ3) is 2.47. The van der Waals surface area contributed by atoms with Crippen LogP contribution in [0.15, 0.2) is 16.7 Å². The highest BCUT2D eigenvalue weighted by Gasteiger charge is 2.34. The molecule has 1 atom stereocenters. The Morgan fingerprint density at radius 3 is 2.76 bits per heavy atom. The van der Waals surface area contributed by atoms with Crippen LogP contribution in [0.25, 0.3) is 11.0 Å². The van der Waals surface area contributed by atoms with Gasteiger partial charge >= 0.3 is 0 Å². The summed E-state index contributed by atoms with van der Waals surface area (Å²) in [7, 11) is 0. The van der Waals surface area contributed by atoms with E-state index < -0.39 is 5.82 Å². The first-order valence-electron chi connectivity index (χ1n) is 6.94. The first kappa shape index (κ1) is 14.9. The van der Waals surface area contributed by atoms with E-state index in [0.29, 0.717) is 23.4 Å². The molecule has 4 heterocycles. The summed E-state index contributed by atoms with van der Waals surface area (Å²) in [5.41, 5.74) is 0.315. The van der Waals surface area contributed by atoms with Crippen molar-refractivity contribution in [3.05, 3.63) is 23.0 Å². The lowest BCUT2D eigenvalue weighted by Crippen LogP contribution is -2.53. The number of nitrogens with one attached hydrogen (secondary N) is 1. The summed E-state index contributed by atoms with van der Waals surface area (Å²) < 4.78 is 18.6. The fourth-order valence-corrected chi connectivity index (χ4v) is 3.56. The largest absolute Gasteiger partial charge is 0.362 e. The number of aromatic nitrogens is 1. The molecule has 0 radical (unpaired) electrons. The van der Waals surface area contributed by atoms with Crippen LogP contribution >= 0.6 is 24.0 Å². The van der Waals surface area contributed by atoms with Crippen LogP contribution in [-0.4, -0.2) is 35.7 Å². The van der Waals surface area contributed by atoms with Gasteiger partial charge < -0.3 is 14.7 Å². The number of fused-ring (bicyclic) bond motifs is 4. The predicted octanol–water partition coefficient (Wildman–Crippen LogP) is 3.55. The van der Waals surface area contributed by atoms with Crippen molar-refractivity contribution >= 4 is 40.8 Å². The van der Waals surface area contributed by atoms with Gasteiger partial charge in [-0.2, -0.15) is 0 Å². The van der Waals surface area contributed by atoms with Crippen LogP contribution in [0.5, 0.6) is 0 Å². The van der Waals surface area contributed by atoms with Gasteiger partial charge in [0.05, 0.1) is 5.39 Å². The second-order valence-electron chi connectivity index (χ2n) is 5.66. The van der Waals surface area contributed by atoms with E-state index in [1.54, 1.807) is 6.07 Å². The molecule has 2 bridgehead atoms. The SMILES string of the molecule is Cl.Fc1ccc2c(NC3CN4CCC3CC4)noc2c1Cl. The molecule has 3 fully saturated rings. The van der Waals surface area contributed by atoms with Gasteiger partial charge in [0.2, 0.25) is 0 Å². The minimum Gasteiger partial charge on any atom is -0.362 e. The molecule has 1 unspecified atom stereocenters. The van der Waals surface area contributed by atoms with Crippen molar-refractivity contribution in [3.63, 3.8) is 0 Å². The first-order chi connectivity index (χ1) is 9.72. The fourth-order valence-electron chi connectivity index (χ4n) is 3.36. The summed E-state index contributed by atoms with van der Waals surface area (Å²) in [5, 5.41) is 8.21. The van der Waals surface area contributed by atoms with E-state index in [1.165, 1.54) is 32.0 Å². The number of halogens is 3. The van der Waals surface area contributed by atoms with Crippen LogP contribution in [0.3, 0.4) is 0 Å². The van der Waals surface area contributed by atoms with Gasteiger partial charge in [0.25, 0.3) is 0 Å². The maximum atomic E-state index is 13.4. The molecule has 21 heavy (non-hydrogen) atoms. The Balaban J connectivity index is 0.00000132. The van der Waals surface area contributed by atoms with Gasteiger partial charge in [-0.15, -0.1) is 12.4 Å². The van der Waals surface area contributed by atoms with Crippen LogP contribution < -0.4 is 5.32 Å². The molecule has 3 aliphatic rings. The second kappa shape index (κ2) is 5.63. The molecular formula is C14H16Cl2FN3O. The summed E-state index contributed by atoms with van der Waals surface area (Å²) in [6.45, 7) is 3.42. The maximum absolute atomic E-state index is 13.4. The third-order valence-electron chi connectivity index (χ3n) is 4.51. The number of hydrogen-bond acceptors (Lipinski definition) is 4. The second-order valence-corrected chi connectivity index (χ2v) is 6.04. The number of anilines is 1. The van der Waals surface area contributed by atoms with Gasteiger partial charge in [0.15, 0.2) is 11.4 Å². The highest BCUT2D eigenvalue weighted by atomic mass is 35.5. The number of hydrogen-bond donors (Lipinski definition) is 1. The Morgan fingerprint density at radius 2 is 2.10 bits per heavy atom. The molecule has 0 aliphatic carbocycles. The Hall–Kier alpha value is -1.04. The average molecular weight is 332 g/mol. The topological polar surface area (TPSA) is 41.3 Å². The highest BCUT2D eigenvalue weighted by Crippen LogP contribution is 2.34. The molecule has 3 aliphatic heterocycles. The molecule has 3 saturated heterocycles. The smallest absolute Gasteiger partial charge is 0.190 e. The zero-order valence-corrected chi connectivity index (χ0v) is 12.9. The molecule has 7 heteroatoms. The van der Waals surface area contributed by atoms with E-state index in [2.05, 4.69) is 15.4 Å². The normalized spacial score (nSPS) is 27.6. The van der Waals surface area contributed by atoms with Crippen LogP contribution in [0.1, 0.15) is 12.8 Å². The van der Waals surface area contributed by atoms with Crippen molar-refractivity contribution in [1.82, 2.24) is 10.1 Å².